The molecule has 0 bridgehead atoms. The van der Waals surface area contributed by atoms with Crippen molar-refractivity contribution in [1.29, 1.82) is 5.26 Å². The lowest BCUT2D eigenvalue weighted by Crippen LogP contribution is -2.15. The van der Waals surface area contributed by atoms with Gasteiger partial charge in [-0.25, -0.2) is 9.78 Å². The van der Waals surface area contributed by atoms with E-state index in [1.54, 1.807) is 36.7 Å². The lowest BCUT2D eigenvalue weighted by atomic mass is 10.0. The van der Waals surface area contributed by atoms with Crippen LogP contribution in [0.4, 0.5) is 5.82 Å². The van der Waals surface area contributed by atoms with E-state index in [0.717, 1.165) is 16.5 Å². The highest BCUT2D eigenvalue weighted by Gasteiger charge is 2.13. The second-order valence-electron chi connectivity index (χ2n) is 5.40. The molecule has 2 aromatic heterocycles. The summed E-state index contributed by atoms with van der Waals surface area (Å²) in [7, 11) is 0. The minimum Gasteiger partial charge on any atom is -0.460 e. The van der Waals surface area contributed by atoms with Gasteiger partial charge in [0.05, 0.1) is 23.2 Å². The Hall–Kier alpha value is -3.46. The van der Waals surface area contributed by atoms with Gasteiger partial charge in [0.1, 0.15) is 18.5 Å². The standard InChI is InChI=1S/C19H16N4O2/c1-13-6-7-16(15-5-3-8-21-17(13)15)19(24)25-11-10-23-18-14(12-20)4-2-9-22-18/h2-9H,10-11H2,1H3,(H,22,23). The van der Waals surface area contributed by atoms with Crippen molar-refractivity contribution >= 4 is 22.7 Å². The van der Waals surface area contributed by atoms with Crippen LogP contribution in [-0.4, -0.2) is 29.1 Å². The zero-order valence-electron chi connectivity index (χ0n) is 13.7. The van der Waals surface area contributed by atoms with Crippen molar-refractivity contribution in [3.8, 4) is 6.07 Å². The lowest BCUT2D eigenvalue weighted by molar-refractivity contribution is 0.0523. The Bertz CT molecular complexity index is 963. The van der Waals surface area contributed by atoms with Gasteiger partial charge in [-0.15, -0.1) is 0 Å². The predicted molar refractivity (Wildman–Crippen MR) is 94.2 cm³/mol. The zero-order chi connectivity index (χ0) is 17.6. The Morgan fingerprint density at radius 3 is 2.84 bits per heavy atom. The van der Waals surface area contributed by atoms with E-state index < -0.39 is 5.97 Å². The Kier molecular flexibility index (Phi) is 4.86. The van der Waals surface area contributed by atoms with Crippen molar-refractivity contribution < 1.29 is 9.53 Å². The molecule has 0 radical (unpaired) electrons. The van der Waals surface area contributed by atoms with E-state index in [1.807, 2.05) is 19.1 Å². The number of fused-ring (bicyclic) bond motifs is 1. The molecule has 1 aromatic carbocycles. The molecule has 6 nitrogen and oxygen atoms in total. The van der Waals surface area contributed by atoms with E-state index in [4.69, 9.17) is 10.00 Å². The number of nitriles is 1. The largest absolute Gasteiger partial charge is 0.460 e. The Morgan fingerprint density at radius 2 is 2.00 bits per heavy atom. The quantitative estimate of drug-likeness (QED) is 0.570. The van der Waals surface area contributed by atoms with Crippen molar-refractivity contribution in [3.63, 3.8) is 0 Å². The molecule has 0 fully saturated rings. The third-order valence-electron chi connectivity index (χ3n) is 3.75. The molecule has 3 rings (SSSR count). The van der Waals surface area contributed by atoms with Crippen molar-refractivity contribution in [3.05, 3.63) is 65.5 Å². The summed E-state index contributed by atoms with van der Waals surface area (Å²) in [5.74, 6) is 0.0763. The SMILES string of the molecule is Cc1ccc(C(=O)OCCNc2ncccc2C#N)c2cccnc12. The third-order valence-corrected chi connectivity index (χ3v) is 3.75. The summed E-state index contributed by atoms with van der Waals surface area (Å²) >= 11 is 0. The van der Waals surface area contributed by atoms with Gasteiger partial charge in [-0.05, 0) is 36.8 Å². The molecule has 0 saturated carbocycles. The molecule has 0 spiro atoms. The van der Waals surface area contributed by atoms with Crippen LogP contribution in [0.25, 0.3) is 10.9 Å². The van der Waals surface area contributed by atoms with E-state index in [-0.39, 0.29) is 6.61 Å². The molecule has 0 aliphatic rings. The fraction of sp³-hybridized carbons (Fsp3) is 0.158. The van der Waals surface area contributed by atoms with E-state index in [9.17, 15) is 4.79 Å². The number of aryl methyl sites for hydroxylation is 1. The highest BCUT2D eigenvalue weighted by atomic mass is 16.5. The molecule has 0 saturated heterocycles. The number of rotatable bonds is 5. The van der Waals surface area contributed by atoms with Crippen molar-refractivity contribution in [1.82, 2.24) is 9.97 Å². The molecule has 3 aromatic rings. The fourth-order valence-corrected chi connectivity index (χ4v) is 2.52. The number of carbonyl (C=O) groups excluding carboxylic acids is 1. The lowest BCUT2D eigenvalue weighted by Gasteiger charge is -2.10. The van der Waals surface area contributed by atoms with Crippen LogP contribution >= 0.6 is 0 Å². The Labute approximate surface area is 145 Å². The predicted octanol–water partition coefficient (Wildman–Crippen LogP) is 3.08. The van der Waals surface area contributed by atoms with Gasteiger partial charge in [0.25, 0.3) is 0 Å². The molecular formula is C19H16N4O2. The van der Waals surface area contributed by atoms with Gasteiger partial charge in [0.15, 0.2) is 0 Å². The minimum absolute atomic E-state index is 0.163. The van der Waals surface area contributed by atoms with Gasteiger partial charge in [-0.2, -0.15) is 5.26 Å². The molecule has 0 aliphatic carbocycles. The number of benzene rings is 1. The Morgan fingerprint density at radius 1 is 1.20 bits per heavy atom. The minimum atomic E-state index is -0.402. The van der Waals surface area contributed by atoms with Crippen LogP contribution in [0.1, 0.15) is 21.5 Å². The number of nitrogens with zero attached hydrogens (tertiary/aromatic N) is 3. The van der Waals surface area contributed by atoms with E-state index >= 15 is 0 Å². The van der Waals surface area contributed by atoms with Crippen molar-refractivity contribution in [2.45, 2.75) is 6.92 Å². The van der Waals surface area contributed by atoms with Crippen molar-refractivity contribution in [2.24, 2.45) is 0 Å². The van der Waals surface area contributed by atoms with Crippen LogP contribution in [0.2, 0.25) is 0 Å². The monoisotopic (exact) mass is 332 g/mol. The number of hydrogen-bond donors (Lipinski definition) is 1. The molecule has 1 N–H and O–H groups in total. The molecule has 124 valence electrons. The third kappa shape index (κ3) is 3.56. The summed E-state index contributed by atoms with van der Waals surface area (Å²) in [6, 6.07) is 12.7. The van der Waals surface area contributed by atoms with Gasteiger partial charge in [0.2, 0.25) is 0 Å². The zero-order valence-corrected chi connectivity index (χ0v) is 13.7. The first-order chi connectivity index (χ1) is 12.2. The maximum absolute atomic E-state index is 12.4. The first kappa shape index (κ1) is 16.4. The number of hydrogen-bond acceptors (Lipinski definition) is 6. The number of nitrogens with one attached hydrogen (secondary N) is 1. The van der Waals surface area contributed by atoms with Crippen molar-refractivity contribution in [2.75, 3.05) is 18.5 Å². The fourth-order valence-electron chi connectivity index (χ4n) is 2.52. The van der Waals surface area contributed by atoms with E-state index in [1.165, 1.54) is 0 Å². The van der Waals surface area contributed by atoms with Gasteiger partial charge in [-0.3, -0.25) is 4.98 Å². The molecule has 6 heteroatoms. The summed E-state index contributed by atoms with van der Waals surface area (Å²) in [5.41, 5.74) is 2.74. The van der Waals surface area contributed by atoms with Crippen LogP contribution in [0.5, 0.6) is 0 Å². The molecule has 0 atom stereocenters. The number of pyridine rings is 2. The summed E-state index contributed by atoms with van der Waals surface area (Å²) in [5, 5.41) is 12.8. The average Bonchev–Trinajstić information content (AvgIpc) is 2.66. The van der Waals surface area contributed by atoms with Crippen LogP contribution in [0.15, 0.2) is 48.8 Å². The average molecular weight is 332 g/mol. The van der Waals surface area contributed by atoms with Crippen LogP contribution in [0.3, 0.4) is 0 Å². The number of anilines is 1. The number of carbonyl (C=O) groups is 1. The van der Waals surface area contributed by atoms with Crippen LogP contribution in [-0.2, 0) is 4.74 Å². The molecule has 2 heterocycles. The second-order valence-corrected chi connectivity index (χ2v) is 5.40. The molecule has 0 unspecified atom stereocenters. The normalized spacial score (nSPS) is 10.2. The number of esters is 1. The second kappa shape index (κ2) is 7.41. The van der Waals surface area contributed by atoms with Gasteiger partial charge < -0.3 is 10.1 Å². The smallest absolute Gasteiger partial charge is 0.338 e. The number of ether oxygens (including phenoxy) is 1. The topological polar surface area (TPSA) is 87.9 Å². The van der Waals surface area contributed by atoms with E-state index in [0.29, 0.717) is 23.5 Å². The molecular weight excluding hydrogens is 316 g/mol. The maximum Gasteiger partial charge on any atom is 0.338 e. The van der Waals surface area contributed by atoms with E-state index in [2.05, 4.69) is 21.4 Å². The van der Waals surface area contributed by atoms with Crippen LogP contribution in [0, 0.1) is 18.3 Å². The Balaban J connectivity index is 1.64. The molecule has 0 aliphatic heterocycles. The van der Waals surface area contributed by atoms with Gasteiger partial charge in [0, 0.05) is 17.8 Å². The first-order valence-corrected chi connectivity index (χ1v) is 7.81. The summed E-state index contributed by atoms with van der Waals surface area (Å²) < 4.78 is 5.33. The van der Waals surface area contributed by atoms with Gasteiger partial charge >= 0.3 is 5.97 Å². The maximum atomic E-state index is 12.4. The highest BCUT2D eigenvalue weighted by Crippen LogP contribution is 2.21. The molecule has 0 amide bonds. The van der Waals surface area contributed by atoms with Crippen LogP contribution < -0.4 is 5.32 Å². The number of aromatic nitrogens is 2. The summed E-state index contributed by atoms with van der Waals surface area (Å²) in [6.45, 7) is 2.48. The first-order valence-electron chi connectivity index (χ1n) is 7.81. The summed E-state index contributed by atoms with van der Waals surface area (Å²) in [4.78, 5) is 20.8. The summed E-state index contributed by atoms with van der Waals surface area (Å²) in [6.07, 6.45) is 3.30. The van der Waals surface area contributed by atoms with Gasteiger partial charge in [-0.1, -0.05) is 12.1 Å². The molecule has 25 heavy (non-hydrogen) atoms. The highest BCUT2D eigenvalue weighted by molar-refractivity contribution is 6.04.